The van der Waals surface area contributed by atoms with Crippen LogP contribution in [0.5, 0.6) is 0 Å². The maximum absolute atomic E-state index is 11.7. The number of hydrogen-bond donors (Lipinski definition) is 1. The van der Waals surface area contributed by atoms with Crippen LogP contribution >= 0.6 is 27.7 Å². The summed E-state index contributed by atoms with van der Waals surface area (Å²) in [4.78, 5) is 22.8. The minimum atomic E-state index is -0.249. The van der Waals surface area contributed by atoms with Crippen molar-refractivity contribution in [1.82, 2.24) is 0 Å². The molecule has 0 aliphatic rings. The molecule has 0 radical (unpaired) electrons. The van der Waals surface area contributed by atoms with Gasteiger partial charge in [0, 0.05) is 15.9 Å². The van der Waals surface area contributed by atoms with Gasteiger partial charge in [-0.1, -0.05) is 22.9 Å². The van der Waals surface area contributed by atoms with Crippen LogP contribution in [0.3, 0.4) is 0 Å². The molecule has 1 unspecified atom stereocenters. The molecule has 0 spiro atoms. The molecule has 0 saturated heterocycles. The van der Waals surface area contributed by atoms with Gasteiger partial charge in [0.05, 0.1) is 18.8 Å². The van der Waals surface area contributed by atoms with E-state index >= 15 is 0 Å². The lowest BCUT2D eigenvalue weighted by atomic mass is 10.2. The minimum absolute atomic E-state index is 0.0793. The molecule has 1 rings (SSSR count). The summed E-state index contributed by atoms with van der Waals surface area (Å²) in [5.74, 6) is 0.360. The highest BCUT2D eigenvalue weighted by molar-refractivity contribution is 9.10. The highest BCUT2D eigenvalue weighted by Gasteiger charge is 2.13. The number of benzene rings is 1. The molecule has 1 aromatic carbocycles. The Hall–Kier alpha value is -1.01. The molecule has 1 amide bonds. The van der Waals surface area contributed by atoms with Gasteiger partial charge in [-0.2, -0.15) is 11.8 Å². The van der Waals surface area contributed by atoms with Crippen molar-refractivity contribution < 1.29 is 14.3 Å². The predicted octanol–water partition coefficient (Wildman–Crippen LogP) is 2.93. The molecule has 19 heavy (non-hydrogen) atoms. The first-order valence-electron chi connectivity index (χ1n) is 5.74. The predicted molar refractivity (Wildman–Crippen MR) is 81.3 cm³/mol. The van der Waals surface area contributed by atoms with E-state index in [2.05, 4.69) is 26.0 Å². The van der Waals surface area contributed by atoms with Gasteiger partial charge in [0.2, 0.25) is 5.91 Å². The second-order valence-corrected chi connectivity index (χ2v) is 5.94. The number of amides is 1. The second kappa shape index (κ2) is 8.22. The molecule has 1 atom stereocenters. The minimum Gasteiger partial charge on any atom is -0.469 e. The SMILES string of the molecule is COC(=O)C(C)CSCC(=O)Nc1ccc(Br)cc1. The Morgan fingerprint density at radius 2 is 2.00 bits per heavy atom. The number of carbonyl (C=O) groups is 2. The number of hydrogen-bond acceptors (Lipinski definition) is 4. The third-order valence-corrected chi connectivity index (χ3v) is 4.06. The van der Waals surface area contributed by atoms with Gasteiger partial charge in [-0.3, -0.25) is 9.59 Å². The number of methoxy groups -OCH3 is 1. The van der Waals surface area contributed by atoms with Crippen molar-refractivity contribution in [2.45, 2.75) is 6.92 Å². The van der Waals surface area contributed by atoms with Crippen LogP contribution in [0.25, 0.3) is 0 Å². The van der Waals surface area contributed by atoms with Gasteiger partial charge in [0.15, 0.2) is 0 Å². The first-order valence-corrected chi connectivity index (χ1v) is 7.68. The molecular formula is C13H16BrNO3S. The van der Waals surface area contributed by atoms with Gasteiger partial charge in [0.1, 0.15) is 0 Å². The lowest BCUT2D eigenvalue weighted by molar-refractivity contribution is -0.144. The van der Waals surface area contributed by atoms with E-state index in [1.807, 2.05) is 24.3 Å². The van der Waals surface area contributed by atoms with Gasteiger partial charge in [-0.05, 0) is 24.3 Å². The normalized spacial score (nSPS) is 11.7. The van der Waals surface area contributed by atoms with Gasteiger partial charge >= 0.3 is 5.97 Å². The van der Waals surface area contributed by atoms with E-state index in [1.54, 1.807) is 6.92 Å². The molecule has 0 saturated carbocycles. The Labute approximate surface area is 125 Å². The zero-order valence-corrected chi connectivity index (χ0v) is 13.2. The molecular weight excluding hydrogens is 330 g/mol. The van der Waals surface area contributed by atoms with Crippen molar-refractivity contribution >= 4 is 45.3 Å². The summed E-state index contributed by atoms with van der Waals surface area (Å²) >= 11 is 4.74. The number of anilines is 1. The van der Waals surface area contributed by atoms with Gasteiger partial charge in [-0.15, -0.1) is 0 Å². The molecule has 1 N–H and O–H groups in total. The zero-order valence-electron chi connectivity index (χ0n) is 10.8. The Kier molecular flexibility index (Phi) is 6.94. The maximum atomic E-state index is 11.7. The number of thioether (sulfide) groups is 1. The molecule has 6 heteroatoms. The summed E-state index contributed by atoms with van der Waals surface area (Å²) in [6.45, 7) is 1.78. The van der Waals surface area contributed by atoms with Crippen LogP contribution < -0.4 is 5.32 Å². The lowest BCUT2D eigenvalue weighted by Crippen LogP contribution is -2.18. The summed E-state index contributed by atoms with van der Waals surface area (Å²) in [6.07, 6.45) is 0. The summed E-state index contributed by atoms with van der Waals surface area (Å²) in [6, 6.07) is 7.37. The van der Waals surface area contributed by atoms with Gasteiger partial charge in [0.25, 0.3) is 0 Å². The van der Waals surface area contributed by atoms with Crippen LogP contribution in [-0.4, -0.2) is 30.5 Å². The van der Waals surface area contributed by atoms with Crippen LogP contribution in [0, 0.1) is 5.92 Å². The van der Waals surface area contributed by atoms with E-state index in [9.17, 15) is 9.59 Å². The van der Waals surface area contributed by atoms with Crippen LogP contribution in [0.4, 0.5) is 5.69 Å². The zero-order chi connectivity index (χ0) is 14.3. The number of carbonyl (C=O) groups excluding carboxylic acids is 2. The largest absolute Gasteiger partial charge is 0.469 e. The third-order valence-electron chi connectivity index (χ3n) is 2.33. The van der Waals surface area contributed by atoms with Crippen molar-refractivity contribution in [2.24, 2.45) is 5.92 Å². The first kappa shape index (κ1) is 16.0. The van der Waals surface area contributed by atoms with Crippen LogP contribution in [0.2, 0.25) is 0 Å². The van der Waals surface area contributed by atoms with Gasteiger partial charge in [-0.25, -0.2) is 0 Å². The third kappa shape index (κ3) is 6.11. The van der Waals surface area contributed by atoms with Crippen molar-refractivity contribution in [1.29, 1.82) is 0 Å². The Morgan fingerprint density at radius 1 is 1.37 bits per heavy atom. The van der Waals surface area contributed by atoms with Crippen molar-refractivity contribution in [3.63, 3.8) is 0 Å². The molecule has 0 aromatic heterocycles. The number of esters is 1. The first-order chi connectivity index (χ1) is 9.02. The Bertz CT molecular complexity index is 436. The monoisotopic (exact) mass is 345 g/mol. The molecule has 104 valence electrons. The number of rotatable bonds is 6. The average molecular weight is 346 g/mol. The lowest BCUT2D eigenvalue weighted by Gasteiger charge is -2.09. The molecule has 0 fully saturated rings. The summed E-state index contributed by atoms with van der Waals surface area (Å²) in [5.41, 5.74) is 0.759. The number of nitrogens with one attached hydrogen (secondary N) is 1. The Balaban J connectivity index is 2.28. The topological polar surface area (TPSA) is 55.4 Å². The fourth-order valence-corrected chi connectivity index (χ4v) is 2.46. The van der Waals surface area contributed by atoms with E-state index in [0.717, 1.165) is 10.2 Å². The highest BCUT2D eigenvalue weighted by atomic mass is 79.9. The molecule has 0 aliphatic heterocycles. The van der Waals surface area contributed by atoms with E-state index < -0.39 is 0 Å². The van der Waals surface area contributed by atoms with Gasteiger partial charge < -0.3 is 10.1 Å². The van der Waals surface area contributed by atoms with E-state index in [1.165, 1.54) is 18.9 Å². The van der Waals surface area contributed by atoms with Crippen molar-refractivity contribution in [3.8, 4) is 0 Å². The summed E-state index contributed by atoms with van der Waals surface area (Å²) in [7, 11) is 1.36. The Morgan fingerprint density at radius 3 is 2.58 bits per heavy atom. The van der Waals surface area contributed by atoms with Crippen LogP contribution in [0.15, 0.2) is 28.7 Å². The second-order valence-electron chi connectivity index (χ2n) is 3.99. The smallest absolute Gasteiger partial charge is 0.309 e. The highest BCUT2D eigenvalue weighted by Crippen LogP contribution is 2.15. The number of halogens is 1. The summed E-state index contributed by atoms with van der Waals surface area (Å²) < 4.78 is 5.58. The van der Waals surface area contributed by atoms with Crippen molar-refractivity contribution in [2.75, 3.05) is 23.9 Å². The fourth-order valence-electron chi connectivity index (χ4n) is 1.33. The maximum Gasteiger partial charge on any atom is 0.309 e. The van der Waals surface area contributed by atoms with Crippen LogP contribution in [-0.2, 0) is 14.3 Å². The fraction of sp³-hybridized carbons (Fsp3) is 0.385. The van der Waals surface area contributed by atoms with Crippen LogP contribution in [0.1, 0.15) is 6.92 Å². The molecule has 0 bridgehead atoms. The van der Waals surface area contributed by atoms with Crippen molar-refractivity contribution in [3.05, 3.63) is 28.7 Å². The average Bonchev–Trinajstić information content (AvgIpc) is 2.40. The molecule has 0 heterocycles. The molecule has 1 aromatic rings. The number of ether oxygens (including phenoxy) is 1. The quantitative estimate of drug-likeness (QED) is 0.805. The summed E-state index contributed by atoms with van der Waals surface area (Å²) in [5, 5.41) is 2.79. The van der Waals surface area contributed by atoms with E-state index in [0.29, 0.717) is 11.5 Å². The molecule has 4 nitrogen and oxygen atoms in total. The standard InChI is InChI=1S/C13H16BrNO3S/c1-9(13(17)18-2)7-19-8-12(16)15-11-5-3-10(14)4-6-11/h3-6,9H,7-8H2,1-2H3,(H,15,16). The van der Waals surface area contributed by atoms with E-state index in [-0.39, 0.29) is 17.8 Å². The van der Waals surface area contributed by atoms with E-state index in [4.69, 9.17) is 0 Å². The molecule has 0 aliphatic carbocycles.